The molecule has 8 heteroatoms. The summed E-state index contributed by atoms with van der Waals surface area (Å²) >= 11 is 0. The fourth-order valence-corrected chi connectivity index (χ4v) is 2.21. The fourth-order valence-electron chi connectivity index (χ4n) is 2.21. The van der Waals surface area contributed by atoms with Crippen LogP contribution in [0.5, 0.6) is 0 Å². The lowest BCUT2D eigenvalue weighted by molar-refractivity contribution is 0.00479. The highest BCUT2D eigenvalue weighted by Gasteiger charge is 2.53. The molecule has 5 N–H and O–H groups in total. The lowest BCUT2D eigenvalue weighted by atomic mass is 9.91. The quantitative estimate of drug-likeness (QED) is 0.427. The van der Waals surface area contributed by atoms with Crippen molar-refractivity contribution in [1.82, 2.24) is 15.3 Å². The van der Waals surface area contributed by atoms with E-state index in [1.165, 1.54) is 0 Å². The molecule has 2 heterocycles. The zero-order valence-corrected chi connectivity index (χ0v) is 9.61. The molecule has 1 aliphatic heterocycles. The fraction of sp³-hybridized carbons (Fsp3) is 0.600. The average Bonchev–Trinajstić information content (AvgIpc) is 2.52. The van der Waals surface area contributed by atoms with E-state index in [4.69, 9.17) is 5.11 Å². The van der Waals surface area contributed by atoms with Crippen LogP contribution in [-0.4, -0.2) is 44.6 Å². The van der Waals surface area contributed by atoms with Crippen LogP contribution in [0.2, 0.25) is 0 Å². The van der Waals surface area contributed by atoms with E-state index in [0.29, 0.717) is 0 Å². The van der Waals surface area contributed by atoms with Crippen molar-refractivity contribution >= 4 is 0 Å². The number of aliphatic hydroxyl groups excluding tert-OH is 2. The third-order valence-corrected chi connectivity index (χ3v) is 3.26. The van der Waals surface area contributed by atoms with E-state index >= 15 is 0 Å². The maximum atomic E-state index is 14.4. The summed E-state index contributed by atoms with van der Waals surface area (Å²) in [6.07, 6.45) is -0.345. The summed E-state index contributed by atoms with van der Waals surface area (Å²) in [6.45, 7) is 0.675. The second-order valence-corrected chi connectivity index (χ2v) is 4.51. The Morgan fingerprint density at radius 3 is 2.67 bits per heavy atom. The van der Waals surface area contributed by atoms with Gasteiger partial charge in [-0.15, -0.1) is 0 Å². The molecule has 0 unspecified atom stereocenters. The minimum Gasteiger partial charge on any atom is -0.395 e. The molecule has 1 fully saturated rings. The van der Waals surface area contributed by atoms with E-state index in [9.17, 15) is 19.1 Å². The minimum absolute atomic E-state index is 0.0328. The van der Waals surface area contributed by atoms with Crippen molar-refractivity contribution < 1.29 is 14.6 Å². The summed E-state index contributed by atoms with van der Waals surface area (Å²) in [5.41, 5.74) is -3.58. The van der Waals surface area contributed by atoms with Gasteiger partial charge < -0.3 is 15.2 Å². The Hall–Kier alpha value is -1.51. The van der Waals surface area contributed by atoms with Crippen LogP contribution in [0.15, 0.2) is 15.8 Å². The molecule has 0 aliphatic carbocycles. The number of halogens is 1. The molecule has 0 spiro atoms. The predicted octanol–water partition coefficient (Wildman–Crippen LogP) is -1.84. The van der Waals surface area contributed by atoms with Crippen molar-refractivity contribution in [2.45, 2.75) is 30.8 Å². The van der Waals surface area contributed by atoms with E-state index in [1.807, 2.05) is 4.98 Å². The van der Waals surface area contributed by atoms with Crippen molar-refractivity contribution in [2.75, 3.05) is 6.61 Å². The number of H-pyrrole nitrogens is 2. The molecule has 0 saturated carbocycles. The summed E-state index contributed by atoms with van der Waals surface area (Å²) in [4.78, 5) is 26.7. The number of aromatic amines is 2. The van der Waals surface area contributed by atoms with Crippen molar-refractivity contribution in [3.8, 4) is 0 Å². The van der Waals surface area contributed by atoms with Crippen LogP contribution in [0.4, 0.5) is 4.39 Å². The number of alkyl halides is 1. The minimum atomic E-state index is -2.13. The Morgan fingerprint density at radius 1 is 1.50 bits per heavy atom. The molecule has 18 heavy (non-hydrogen) atoms. The van der Waals surface area contributed by atoms with Crippen LogP contribution in [0.1, 0.15) is 18.5 Å². The number of aromatic nitrogens is 2. The van der Waals surface area contributed by atoms with Crippen LogP contribution >= 0.6 is 0 Å². The van der Waals surface area contributed by atoms with E-state index in [2.05, 4.69) is 10.3 Å². The number of hydrogen-bond acceptors (Lipinski definition) is 5. The molecular weight excluding hydrogens is 245 g/mol. The standard InChI is InChI=1S/C10H14FN3O4/c1-10(11)6(13-5(3-15)7(10)16)4-2-12-9(18)14-8(4)17/h2,5-7,13,15-16H,3H2,1H3,(H2,12,14,17,18)/t5-,6+,7-,10+/m1/s1. The third kappa shape index (κ3) is 1.88. The van der Waals surface area contributed by atoms with Crippen molar-refractivity contribution in [2.24, 2.45) is 0 Å². The maximum absolute atomic E-state index is 14.4. The SMILES string of the molecule is C[C@@]1(F)[C@H](O)[C@@H](CO)N[C@H]1c1c[nH]c(=O)[nH]c1=O. The molecule has 0 radical (unpaired) electrons. The molecule has 1 aromatic heterocycles. The zero-order chi connectivity index (χ0) is 13.5. The molecule has 0 aromatic carbocycles. The summed E-state index contributed by atoms with van der Waals surface area (Å²) in [7, 11) is 0. The van der Waals surface area contributed by atoms with Crippen molar-refractivity contribution in [1.29, 1.82) is 0 Å². The molecule has 2 rings (SSSR count). The smallest absolute Gasteiger partial charge is 0.325 e. The zero-order valence-electron chi connectivity index (χ0n) is 9.61. The first kappa shape index (κ1) is 12.9. The molecule has 100 valence electrons. The number of aliphatic hydroxyl groups is 2. The Morgan fingerprint density at radius 2 is 2.17 bits per heavy atom. The van der Waals surface area contributed by atoms with Gasteiger partial charge in [0.2, 0.25) is 0 Å². The van der Waals surface area contributed by atoms with Crippen molar-refractivity contribution in [3.63, 3.8) is 0 Å². The van der Waals surface area contributed by atoms with Crippen LogP contribution in [0, 0.1) is 0 Å². The van der Waals surface area contributed by atoms with Crippen molar-refractivity contribution in [3.05, 3.63) is 32.6 Å². The summed E-state index contributed by atoms with van der Waals surface area (Å²) in [5, 5.41) is 21.4. The third-order valence-electron chi connectivity index (χ3n) is 3.26. The van der Waals surface area contributed by atoms with Gasteiger partial charge in [-0.1, -0.05) is 0 Å². The van der Waals surface area contributed by atoms with E-state index in [1.54, 1.807) is 0 Å². The van der Waals surface area contributed by atoms with Gasteiger partial charge in [0.05, 0.1) is 24.3 Å². The number of nitrogens with one attached hydrogen (secondary N) is 3. The normalized spacial score (nSPS) is 35.9. The molecule has 7 nitrogen and oxygen atoms in total. The van der Waals surface area contributed by atoms with Crippen LogP contribution in [-0.2, 0) is 0 Å². The first-order valence-electron chi connectivity index (χ1n) is 5.43. The highest BCUT2D eigenvalue weighted by atomic mass is 19.1. The lowest BCUT2D eigenvalue weighted by Crippen LogP contribution is -2.40. The second kappa shape index (κ2) is 4.30. The molecule has 1 saturated heterocycles. The highest BCUT2D eigenvalue weighted by molar-refractivity contribution is 5.21. The van der Waals surface area contributed by atoms with Gasteiger partial charge in [0.25, 0.3) is 5.56 Å². The Bertz CT molecular complexity index is 553. The Balaban J connectivity index is 2.45. The lowest BCUT2D eigenvalue weighted by Gasteiger charge is -2.24. The maximum Gasteiger partial charge on any atom is 0.325 e. The van der Waals surface area contributed by atoms with Gasteiger partial charge in [-0.2, -0.15) is 0 Å². The first-order chi connectivity index (χ1) is 8.37. The molecular formula is C10H14FN3O4. The molecule has 1 aliphatic rings. The topological polar surface area (TPSA) is 118 Å². The highest BCUT2D eigenvalue weighted by Crippen LogP contribution is 2.38. The van der Waals surface area contributed by atoms with Gasteiger partial charge in [-0.25, -0.2) is 9.18 Å². The molecule has 0 bridgehead atoms. The largest absolute Gasteiger partial charge is 0.395 e. The summed E-state index contributed by atoms with van der Waals surface area (Å²) in [5.74, 6) is 0. The monoisotopic (exact) mass is 259 g/mol. The van der Waals surface area contributed by atoms with E-state index in [0.717, 1.165) is 13.1 Å². The molecule has 4 atom stereocenters. The first-order valence-corrected chi connectivity index (χ1v) is 5.43. The van der Waals surface area contributed by atoms with E-state index in [-0.39, 0.29) is 5.56 Å². The Labute approximate surface area is 101 Å². The van der Waals surface area contributed by atoms with Gasteiger partial charge in [0.15, 0.2) is 5.67 Å². The summed E-state index contributed by atoms with van der Waals surface area (Å²) < 4.78 is 14.4. The summed E-state index contributed by atoms with van der Waals surface area (Å²) in [6, 6.07) is -1.97. The predicted molar refractivity (Wildman–Crippen MR) is 60.0 cm³/mol. The Kier molecular flexibility index (Phi) is 3.09. The average molecular weight is 259 g/mol. The van der Waals surface area contributed by atoms with Gasteiger partial charge >= 0.3 is 5.69 Å². The van der Waals surface area contributed by atoms with Gasteiger partial charge in [0.1, 0.15) is 6.10 Å². The van der Waals surface area contributed by atoms with Crippen LogP contribution < -0.4 is 16.6 Å². The number of rotatable bonds is 2. The van der Waals surface area contributed by atoms with Gasteiger partial charge in [0, 0.05) is 6.20 Å². The van der Waals surface area contributed by atoms with E-state index < -0.39 is 41.7 Å². The number of hydrogen-bond donors (Lipinski definition) is 5. The van der Waals surface area contributed by atoms with Gasteiger partial charge in [-0.05, 0) is 6.92 Å². The van der Waals surface area contributed by atoms with Crippen LogP contribution in [0.3, 0.4) is 0 Å². The molecule has 1 aromatic rings. The second-order valence-electron chi connectivity index (χ2n) is 4.51. The molecule has 0 amide bonds. The van der Waals surface area contributed by atoms with Gasteiger partial charge in [-0.3, -0.25) is 15.1 Å². The van der Waals surface area contributed by atoms with Crippen LogP contribution in [0.25, 0.3) is 0 Å².